The highest BCUT2D eigenvalue weighted by atomic mass is 16.3. The molecule has 3 N–H and O–H groups in total. The van der Waals surface area contributed by atoms with E-state index >= 15 is 0 Å². The van der Waals surface area contributed by atoms with Crippen LogP contribution in [-0.2, 0) is 0 Å². The number of hydrogen-bond donors (Lipinski definition) is 3. The summed E-state index contributed by atoms with van der Waals surface area (Å²) in [5.41, 5.74) is -0.315. The van der Waals surface area contributed by atoms with Crippen molar-refractivity contribution in [2.75, 3.05) is 23.8 Å². The lowest BCUT2D eigenvalue weighted by Crippen LogP contribution is -2.48. The molecule has 1 fully saturated rings. The van der Waals surface area contributed by atoms with E-state index in [9.17, 15) is 5.11 Å². The molecule has 0 atom stereocenters. The third-order valence-corrected chi connectivity index (χ3v) is 3.57. The third-order valence-electron chi connectivity index (χ3n) is 3.57. The largest absolute Gasteiger partial charge is 0.394 e. The minimum Gasteiger partial charge on any atom is -0.394 e. The summed E-state index contributed by atoms with van der Waals surface area (Å²) in [6, 6.07) is 0. The molecule has 0 radical (unpaired) electrons. The summed E-state index contributed by atoms with van der Waals surface area (Å²) in [6.07, 6.45) is 5.86. The van der Waals surface area contributed by atoms with Crippen LogP contribution in [0.2, 0.25) is 0 Å². The van der Waals surface area contributed by atoms with Gasteiger partial charge in [0.25, 0.3) is 5.95 Å². The number of aromatic nitrogens is 6. The molecule has 0 spiro atoms. The van der Waals surface area contributed by atoms with Crippen LogP contribution in [-0.4, -0.2) is 53.5 Å². The average molecular weight is 290 g/mol. The first-order valence-corrected chi connectivity index (χ1v) is 6.99. The number of rotatable bonds is 6. The molecular formula is C12H18N8O. The van der Waals surface area contributed by atoms with Gasteiger partial charge in [-0.3, -0.25) is 0 Å². The zero-order valence-corrected chi connectivity index (χ0v) is 11.8. The maximum atomic E-state index is 9.55. The molecule has 0 saturated heterocycles. The standard InChI is InChI=1S/C12H18N8O/c1-2-14-9-16-10(19-12(6-21)4-3-5-12)18-11(17-9)20-8-13-7-15-20/h7-8,21H,2-6H2,1H3,(H2,14,16,17,18,19). The Labute approximate surface area is 121 Å². The summed E-state index contributed by atoms with van der Waals surface area (Å²) in [5, 5.41) is 19.9. The van der Waals surface area contributed by atoms with Crippen LogP contribution in [0.5, 0.6) is 0 Å². The van der Waals surface area contributed by atoms with E-state index in [1.54, 1.807) is 0 Å². The Bertz CT molecular complexity index is 590. The Balaban J connectivity index is 1.91. The lowest BCUT2D eigenvalue weighted by atomic mass is 9.77. The SMILES string of the molecule is CCNc1nc(NC2(CO)CCC2)nc(-n2cncn2)n1. The van der Waals surface area contributed by atoms with Crippen LogP contribution in [0.4, 0.5) is 11.9 Å². The monoisotopic (exact) mass is 290 g/mol. The predicted octanol–water partition coefficient (Wildman–Crippen LogP) is 0.211. The molecule has 3 rings (SSSR count). The van der Waals surface area contributed by atoms with E-state index in [0.717, 1.165) is 19.3 Å². The molecule has 1 saturated carbocycles. The van der Waals surface area contributed by atoms with Gasteiger partial charge in [-0.1, -0.05) is 0 Å². The molecule has 0 amide bonds. The summed E-state index contributed by atoms with van der Waals surface area (Å²) >= 11 is 0. The minimum absolute atomic E-state index is 0.0634. The van der Waals surface area contributed by atoms with Gasteiger partial charge in [-0.2, -0.15) is 24.7 Å². The maximum absolute atomic E-state index is 9.55. The van der Waals surface area contributed by atoms with E-state index in [-0.39, 0.29) is 12.1 Å². The first kappa shape index (κ1) is 13.7. The van der Waals surface area contributed by atoms with Crippen LogP contribution >= 0.6 is 0 Å². The van der Waals surface area contributed by atoms with Crippen molar-refractivity contribution in [1.82, 2.24) is 29.7 Å². The van der Waals surface area contributed by atoms with Crippen LogP contribution in [0, 0.1) is 0 Å². The molecule has 0 unspecified atom stereocenters. The number of nitrogens with zero attached hydrogens (tertiary/aromatic N) is 6. The van der Waals surface area contributed by atoms with Crippen molar-refractivity contribution in [3.8, 4) is 5.95 Å². The number of anilines is 2. The van der Waals surface area contributed by atoms with Crippen LogP contribution in [0.25, 0.3) is 5.95 Å². The third kappa shape index (κ3) is 2.77. The average Bonchev–Trinajstić information content (AvgIpc) is 2.97. The summed E-state index contributed by atoms with van der Waals surface area (Å²) in [5.74, 6) is 1.28. The number of nitrogens with one attached hydrogen (secondary N) is 2. The Morgan fingerprint density at radius 1 is 1.29 bits per heavy atom. The second-order valence-electron chi connectivity index (χ2n) is 5.07. The topological polar surface area (TPSA) is 114 Å². The zero-order valence-electron chi connectivity index (χ0n) is 11.8. The van der Waals surface area contributed by atoms with Crippen LogP contribution in [0.15, 0.2) is 12.7 Å². The normalized spacial score (nSPS) is 16.3. The highest BCUT2D eigenvalue weighted by Gasteiger charge is 2.37. The van der Waals surface area contributed by atoms with Gasteiger partial charge in [-0.15, -0.1) is 0 Å². The smallest absolute Gasteiger partial charge is 0.258 e. The quantitative estimate of drug-likeness (QED) is 0.692. The lowest BCUT2D eigenvalue weighted by molar-refractivity contribution is 0.143. The van der Waals surface area contributed by atoms with Gasteiger partial charge in [0.05, 0.1) is 12.1 Å². The van der Waals surface area contributed by atoms with Crippen molar-refractivity contribution in [2.45, 2.75) is 31.7 Å². The van der Waals surface area contributed by atoms with Gasteiger partial charge in [0, 0.05) is 6.54 Å². The molecule has 1 aliphatic carbocycles. The van der Waals surface area contributed by atoms with Crippen molar-refractivity contribution >= 4 is 11.9 Å². The molecule has 21 heavy (non-hydrogen) atoms. The first-order valence-electron chi connectivity index (χ1n) is 6.99. The molecule has 2 heterocycles. The second kappa shape index (κ2) is 5.60. The number of aliphatic hydroxyl groups excluding tert-OH is 1. The highest BCUT2D eigenvalue weighted by Crippen LogP contribution is 2.34. The van der Waals surface area contributed by atoms with Crippen LogP contribution in [0.1, 0.15) is 26.2 Å². The molecule has 112 valence electrons. The molecule has 2 aromatic heterocycles. The van der Waals surface area contributed by atoms with Crippen molar-refractivity contribution in [2.24, 2.45) is 0 Å². The van der Waals surface area contributed by atoms with Gasteiger partial charge in [0.15, 0.2) is 0 Å². The van der Waals surface area contributed by atoms with E-state index in [1.807, 2.05) is 6.92 Å². The minimum atomic E-state index is -0.315. The molecule has 1 aliphatic rings. The Hall–Kier alpha value is -2.29. The molecule has 0 aromatic carbocycles. The zero-order chi connectivity index (χ0) is 14.7. The highest BCUT2D eigenvalue weighted by molar-refractivity contribution is 5.40. The van der Waals surface area contributed by atoms with Crippen molar-refractivity contribution in [1.29, 1.82) is 0 Å². The van der Waals surface area contributed by atoms with Gasteiger partial charge in [0.2, 0.25) is 11.9 Å². The van der Waals surface area contributed by atoms with Gasteiger partial charge < -0.3 is 15.7 Å². The van der Waals surface area contributed by atoms with E-state index < -0.39 is 0 Å². The predicted molar refractivity (Wildman–Crippen MR) is 76.2 cm³/mol. The summed E-state index contributed by atoms with van der Waals surface area (Å²) in [6.45, 7) is 2.73. The fourth-order valence-electron chi connectivity index (χ4n) is 2.24. The maximum Gasteiger partial charge on any atom is 0.258 e. The lowest BCUT2D eigenvalue weighted by Gasteiger charge is -2.40. The second-order valence-corrected chi connectivity index (χ2v) is 5.07. The van der Waals surface area contributed by atoms with E-state index in [0.29, 0.717) is 24.4 Å². The Morgan fingerprint density at radius 2 is 2.10 bits per heavy atom. The van der Waals surface area contributed by atoms with Gasteiger partial charge in [-0.25, -0.2) is 4.98 Å². The fraction of sp³-hybridized carbons (Fsp3) is 0.583. The van der Waals surface area contributed by atoms with Crippen molar-refractivity contribution in [3.63, 3.8) is 0 Å². The Kier molecular flexibility index (Phi) is 3.65. The molecular weight excluding hydrogens is 272 g/mol. The molecule has 0 bridgehead atoms. The van der Waals surface area contributed by atoms with E-state index in [1.165, 1.54) is 17.3 Å². The fourth-order valence-corrected chi connectivity index (χ4v) is 2.24. The van der Waals surface area contributed by atoms with Crippen LogP contribution < -0.4 is 10.6 Å². The van der Waals surface area contributed by atoms with Crippen molar-refractivity contribution in [3.05, 3.63) is 12.7 Å². The summed E-state index contributed by atoms with van der Waals surface area (Å²) < 4.78 is 1.47. The Morgan fingerprint density at radius 3 is 2.67 bits per heavy atom. The van der Waals surface area contributed by atoms with Crippen molar-refractivity contribution < 1.29 is 5.11 Å². The summed E-state index contributed by atoms with van der Waals surface area (Å²) in [4.78, 5) is 16.9. The van der Waals surface area contributed by atoms with Gasteiger partial charge >= 0.3 is 0 Å². The molecule has 9 nitrogen and oxygen atoms in total. The van der Waals surface area contributed by atoms with Crippen LogP contribution in [0.3, 0.4) is 0 Å². The summed E-state index contributed by atoms with van der Waals surface area (Å²) in [7, 11) is 0. The molecule has 0 aliphatic heterocycles. The number of aliphatic hydroxyl groups is 1. The first-order chi connectivity index (χ1) is 10.2. The van der Waals surface area contributed by atoms with Gasteiger partial charge in [-0.05, 0) is 26.2 Å². The van der Waals surface area contributed by atoms with Gasteiger partial charge in [0.1, 0.15) is 12.7 Å². The molecule has 9 heteroatoms. The number of hydrogen-bond acceptors (Lipinski definition) is 8. The van der Waals surface area contributed by atoms with E-state index in [4.69, 9.17) is 0 Å². The van der Waals surface area contributed by atoms with E-state index in [2.05, 4.69) is 35.7 Å². The molecule has 2 aromatic rings.